The minimum Gasteiger partial charge on any atom is -0.343 e. The van der Waals surface area contributed by atoms with Crippen LogP contribution in [0.5, 0.6) is 0 Å². The summed E-state index contributed by atoms with van der Waals surface area (Å²) in [7, 11) is 2.01. The average molecular weight is 252 g/mol. The van der Waals surface area contributed by atoms with Crippen LogP contribution >= 0.6 is 0 Å². The van der Waals surface area contributed by atoms with Gasteiger partial charge < -0.3 is 10.2 Å². The maximum Gasteiger partial charge on any atom is 0.224 e. The molecule has 18 heavy (non-hydrogen) atoms. The molecule has 2 fully saturated rings. The zero-order valence-corrected chi connectivity index (χ0v) is 12.0. The first-order chi connectivity index (χ1) is 8.70. The van der Waals surface area contributed by atoms with Crippen LogP contribution in [-0.4, -0.2) is 36.5 Å². The molecule has 2 rings (SSSR count). The molecule has 104 valence electrons. The van der Waals surface area contributed by atoms with Crippen LogP contribution in [0.15, 0.2) is 0 Å². The Kier molecular flexibility index (Phi) is 5.04. The summed E-state index contributed by atoms with van der Waals surface area (Å²) < 4.78 is 0. The fourth-order valence-corrected chi connectivity index (χ4v) is 3.43. The third-order valence-electron chi connectivity index (χ3n) is 4.92. The van der Waals surface area contributed by atoms with Crippen molar-refractivity contribution in [3.05, 3.63) is 0 Å². The summed E-state index contributed by atoms with van der Waals surface area (Å²) in [5, 5.41) is 3.41. The Morgan fingerprint density at radius 1 is 1.22 bits per heavy atom. The molecular formula is C15H28N2O. The van der Waals surface area contributed by atoms with Gasteiger partial charge in [-0.15, -0.1) is 0 Å². The first-order valence-corrected chi connectivity index (χ1v) is 7.69. The van der Waals surface area contributed by atoms with E-state index in [4.69, 9.17) is 0 Å². The zero-order chi connectivity index (χ0) is 13.0. The van der Waals surface area contributed by atoms with E-state index in [1.807, 2.05) is 11.9 Å². The highest BCUT2D eigenvalue weighted by atomic mass is 16.2. The largest absolute Gasteiger partial charge is 0.343 e. The van der Waals surface area contributed by atoms with E-state index < -0.39 is 0 Å². The van der Waals surface area contributed by atoms with Gasteiger partial charge in [-0.05, 0) is 51.0 Å². The number of hydrogen-bond acceptors (Lipinski definition) is 2. The predicted octanol–water partition coefficient (Wildman–Crippen LogP) is 2.56. The standard InChI is InChI=1S/C15H28N2O/c1-3-12-6-8-14(9-7-12)17(2)15(18)11-13-5-4-10-16-13/h12-14,16H,3-11H2,1-2H3. The van der Waals surface area contributed by atoms with E-state index in [1.54, 1.807) is 0 Å². The van der Waals surface area contributed by atoms with Gasteiger partial charge in [0.25, 0.3) is 0 Å². The average Bonchev–Trinajstić information content (AvgIpc) is 2.91. The summed E-state index contributed by atoms with van der Waals surface area (Å²) >= 11 is 0. The second-order valence-electron chi connectivity index (χ2n) is 6.08. The van der Waals surface area contributed by atoms with Crippen molar-refractivity contribution in [2.75, 3.05) is 13.6 Å². The molecule has 1 heterocycles. The van der Waals surface area contributed by atoms with Crippen LogP contribution in [0.25, 0.3) is 0 Å². The molecule has 1 saturated heterocycles. The van der Waals surface area contributed by atoms with Gasteiger partial charge in [0.05, 0.1) is 0 Å². The fraction of sp³-hybridized carbons (Fsp3) is 0.933. The molecule has 1 N–H and O–H groups in total. The van der Waals surface area contributed by atoms with Gasteiger partial charge in [0.2, 0.25) is 5.91 Å². The van der Waals surface area contributed by atoms with Crippen molar-refractivity contribution in [2.45, 2.75) is 70.4 Å². The highest BCUT2D eigenvalue weighted by Crippen LogP contribution is 2.29. The number of nitrogens with zero attached hydrogens (tertiary/aromatic N) is 1. The Morgan fingerprint density at radius 3 is 2.50 bits per heavy atom. The van der Waals surface area contributed by atoms with E-state index in [2.05, 4.69) is 12.2 Å². The molecule has 3 nitrogen and oxygen atoms in total. The minimum atomic E-state index is 0.342. The van der Waals surface area contributed by atoms with E-state index in [1.165, 1.54) is 44.9 Å². The van der Waals surface area contributed by atoms with E-state index in [0.717, 1.165) is 12.5 Å². The molecule has 0 radical (unpaired) electrons. The van der Waals surface area contributed by atoms with Gasteiger partial charge >= 0.3 is 0 Å². The van der Waals surface area contributed by atoms with Crippen LogP contribution in [-0.2, 0) is 4.79 Å². The SMILES string of the molecule is CCC1CCC(N(C)C(=O)CC2CCCN2)CC1. The monoisotopic (exact) mass is 252 g/mol. The molecule has 1 amide bonds. The Labute approximate surface area is 111 Å². The van der Waals surface area contributed by atoms with Crippen LogP contribution in [0.3, 0.4) is 0 Å². The summed E-state index contributed by atoms with van der Waals surface area (Å²) in [6.45, 7) is 3.37. The maximum absolute atomic E-state index is 12.2. The lowest BCUT2D eigenvalue weighted by atomic mass is 9.84. The lowest BCUT2D eigenvalue weighted by molar-refractivity contribution is -0.133. The van der Waals surface area contributed by atoms with Crippen LogP contribution in [0, 0.1) is 5.92 Å². The Balaban J connectivity index is 1.76. The molecular weight excluding hydrogens is 224 g/mol. The smallest absolute Gasteiger partial charge is 0.224 e. The summed E-state index contributed by atoms with van der Waals surface area (Å²) in [5.74, 6) is 1.25. The van der Waals surface area contributed by atoms with Crippen LogP contribution in [0.2, 0.25) is 0 Å². The van der Waals surface area contributed by atoms with Gasteiger partial charge in [-0.2, -0.15) is 0 Å². The summed E-state index contributed by atoms with van der Waals surface area (Å²) in [6, 6.07) is 0.939. The molecule has 1 atom stereocenters. The van der Waals surface area contributed by atoms with Gasteiger partial charge in [-0.25, -0.2) is 0 Å². The molecule has 1 aliphatic heterocycles. The molecule has 3 heteroatoms. The lowest BCUT2D eigenvalue weighted by Gasteiger charge is -2.35. The number of carbonyl (C=O) groups is 1. The van der Waals surface area contributed by atoms with Crippen molar-refractivity contribution in [1.29, 1.82) is 0 Å². The summed E-state index contributed by atoms with van der Waals surface area (Å²) in [6.07, 6.45) is 9.42. The number of nitrogens with one attached hydrogen (secondary N) is 1. The van der Waals surface area contributed by atoms with E-state index in [-0.39, 0.29) is 0 Å². The van der Waals surface area contributed by atoms with Crippen LogP contribution < -0.4 is 5.32 Å². The predicted molar refractivity (Wildman–Crippen MR) is 74.4 cm³/mol. The fourth-order valence-electron chi connectivity index (χ4n) is 3.43. The third kappa shape index (κ3) is 3.47. The van der Waals surface area contributed by atoms with Gasteiger partial charge in [0, 0.05) is 25.6 Å². The molecule has 1 aliphatic carbocycles. The summed E-state index contributed by atoms with van der Waals surface area (Å²) in [5.41, 5.74) is 0. The van der Waals surface area contributed by atoms with E-state index in [0.29, 0.717) is 24.4 Å². The number of hydrogen-bond donors (Lipinski definition) is 1. The van der Waals surface area contributed by atoms with Crippen LogP contribution in [0.4, 0.5) is 0 Å². The maximum atomic E-state index is 12.2. The Hall–Kier alpha value is -0.570. The highest BCUT2D eigenvalue weighted by molar-refractivity contribution is 5.76. The van der Waals surface area contributed by atoms with Gasteiger partial charge in [-0.3, -0.25) is 4.79 Å². The van der Waals surface area contributed by atoms with Gasteiger partial charge in [0.1, 0.15) is 0 Å². The number of amides is 1. The van der Waals surface area contributed by atoms with Crippen molar-refractivity contribution in [2.24, 2.45) is 5.92 Å². The number of rotatable bonds is 4. The highest BCUT2D eigenvalue weighted by Gasteiger charge is 2.27. The molecule has 2 aliphatic rings. The van der Waals surface area contributed by atoms with Crippen molar-refractivity contribution in [1.82, 2.24) is 10.2 Å². The van der Waals surface area contributed by atoms with Crippen LogP contribution in [0.1, 0.15) is 58.3 Å². The second-order valence-corrected chi connectivity index (χ2v) is 6.08. The van der Waals surface area contributed by atoms with Gasteiger partial charge in [-0.1, -0.05) is 13.3 Å². The Bertz CT molecular complexity index is 266. The van der Waals surface area contributed by atoms with E-state index >= 15 is 0 Å². The molecule has 0 bridgehead atoms. The van der Waals surface area contributed by atoms with E-state index in [9.17, 15) is 4.79 Å². The molecule has 1 saturated carbocycles. The quantitative estimate of drug-likeness (QED) is 0.834. The second kappa shape index (κ2) is 6.55. The Morgan fingerprint density at radius 2 is 1.94 bits per heavy atom. The molecule has 0 spiro atoms. The van der Waals surface area contributed by atoms with Crippen molar-refractivity contribution < 1.29 is 4.79 Å². The first kappa shape index (κ1) is 13.9. The normalized spacial score (nSPS) is 32.4. The molecule has 0 aromatic rings. The molecule has 0 aromatic heterocycles. The lowest BCUT2D eigenvalue weighted by Crippen LogP contribution is -2.41. The third-order valence-corrected chi connectivity index (χ3v) is 4.92. The molecule has 1 unspecified atom stereocenters. The minimum absolute atomic E-state index is 0.342. The van der Waals surface area contributed by atoms with Gasteiger partial charge in [0.15, 0.2) is 0 Å². The zero-order valence-electron chi connectivity index (χ0n) is 12.0. The first-order valence-electron chi connectivity index (χ1n) is 7.69. The number of carbonyl (C=O) groups excluding carboxylic acids is 1. The van der Waals surface area contributed by atoms with Crippen molar-refractivity contribution >= 4 is 5.91 Å². The summed E-state index contributed by atoms with van der Waals surface area (Å²) in [4.78, 5) is 14.3. The molecule has 0 aromatic carbocycles. The van der Waals surface area contributed by atoms with Crippen molar-refractivity contribution in [3.63, 3.8) is 0 Å². The topological polar surface area (TPSA) is 32.3 Å². The van der Waals surface area contributed by atoms with Crippen molar-refractivity contribution in [3.8, 4) is 0 Å².